The molecule has 2 aromatic rings. The zero-order valence-corrected chi connectivity index (χ0v) is 12.6. The molecular formula is C14H18ClN3S. The summed E-state index contributed by atoms with van der Waals surface area (Å²) in [5.41, 5.74) is 2.29. The summed E-state index contributed by atoms with van der Waals surface area (Å²) in [6.07, 6.45) is 4.67. The summed E-state index contributed by atoms with van der Waals surface area (Å²) in [6, 6.07) is 4.13. The van der Waals surface area contributed by atoms with Gasteiger partial charge in [-0.15, -0.1) is 22.9 Å². The smallest absolute Gasteiger partial charge is 0.0941 e. The molecule has 0 bridgehead atoms. The summed E-state index contributed by atoms with van der Waals surface area (Å²) >= 11 is 7.47. The molecule has 2 rings (SSSR count). The van der Waals surface area contributed by atoms with Crippen LogP contribution in [0.4, 0.5) is 0 Å². The van der Waals surface area contributed by atoms with Crippen molar-refractivity contribution in [3.63, 3.8) is 0 Å². The molecule has 0 aliphatic heterocycles. The second kappa shape index (κ2) is 7.58. The summed E-state index contributed by atoms with van der Waals surface area (Å²) in [4.78, 5) is 11.0. The molecule has 2 heterocycles. The Morgan fingerprint density at radius 2 is 2.11 bits per heavy atom. The fourth-order valence-electron chi connectivity index (χ4n) is 1.87. The Bertz CT molecular complexity index is 486. The van der Waals surface area contributed by atoms with Gasteiger partial charge in [-0.25, -0.2) is 4.98 Å². The molecule has 0 aromatic carbocycles. The van der Waals surface area contributed by atoms with Crippen molar-refractivity contribution < 1.29 is 0 Å². The lowest BCUT2D eigenvalue weighted by Gasteiger charge is -2.19. The molecule has 0 aliphatic carbocycles. The fraction of sp³-hybridized carbons (Fsp3) is 0.429. The standard InChI is InChI=1S/C14H18ClN3S/c1-2-18(10-12-3-6-16-7-4-12)8-5-14-17-13(9-15)11-19-14/h3-4,6-7,11H,2,5,8-10H2,1H3. The van der Waals surface area contributed by atoms with Crippen molar-refractivity contribution in [2.45, 2.75) is 25.8 Å². The van der Waals surface area contributed by atoms with E-state index in [0.717, 1.165) is 31.7 Å². The van der Waals surface area contributed by atoms with Gasteiger partial charge in [0, 0.05) is 37.3 Å². The van der Waals surface area contributed by atoms with E-state index in [-0.39, 0.29) is 0 Å². The van der Waals surface area contributed by atoms with Gasteiger partial charge in [0.05, 0.1) is 16.6 Å². The minimum absolute atomic E-state index is 0.505. The maximum absolute atomic E-state index is 5.77. The summed E-state index contributed by atoms with van der Waals surface area (Å²) in [7, 11) is 0. The second-order valence-corrected chi connectivity index (χ2v) is 5.55. The number of nitrogens with zero attached hydrogens (tertiary/aromatic N) is 3. The molecule has 0 radical (unpaired) electrons. The number of halogens is 1. The van der Waals surface area contributed by atoms with Gasteiger partial charge in [-0.2, -0.15) is 0 Å². The Labute approximate surface area is 123 Å². The van der Waals surface area contributed by atoms with Crippen molar-refractivity contribution in [3.8, 4) is 0 Å². The molecule has 0 spiro atoms. The summed E-state index contributed by atoms with van der Waals surface area (Å²) in [6.45, 7) is 5.21. The van der Waals surface area contributed by atoms with Crippen molar-refractivity contribution in [2.24, 2.45) is 0 Å². The van der Waals surface area contributed by atoms with Gasteiger partial charge >= 0.3 is 0 Å². The lowest BCUT2D eigenvalue weighted by atomic mass is 10.2. The number of rotatable bonds is 7. The van der Waals surface area contributed by atoms with Crippen molar-refractivity contribution >= 4 is 22.9 Å². The minimum Gasteiger partial charge on any atom is -0.299 e. The monoisotopic (exact) mass is 295 g/mol. The van der Waals surface area contributed by atoms with Crippen LogP contribution in [0.3, 0.4) is 0 Å². The van der Waals surface area contributed by atoms with Crippen molar-refractivity contribution in [2.75, 3.05) is 13.1 Å². The van der Waals surface area contributed by atoms with Crippen LogP contribution < -0.4 is 0 Å². The third-order valence-electron chi connectivity index (χ3n) is 2.98. The molecule has 0 saturated heterocycles. The van der Waals surface area contributed by atoms with Gasteiger partial charge in [0.25, 0.3) is 0 Å². The third-order valence-corrected chi connectivity index (χ3v) is 4.21. The van der Waals surface area contributed by atoms with Crippen LogP contribution in [0.5, 0.6) is 0 Å². The van der Waals surface area contributed by atoms with Crippen LogP contribution in [0.2, 0.25) is 0 Å². The molecule has 19 heavy (non-hydrogen) atoms. The SMILES string of the molecule is CCN(CCc1nc(CCl)cs1)Cc1ccncc1. The molecule has 0 amide bonds. The molecular weight excluding hydrogens is 278 g/mol. The van der Waals surface area contributed by atoms with Gasteiger partial charge in [0.1, 0.15) is 0 Å². The van der Waals surface area contributed by atoms with Crippen molar-refractivity contribution in [1.82, 2.24) is 14.9 Å². The molecule has 0 aliphatic rings. The van der Waals surface area contributed by atoms with E-state index in [2.05, 4.69) is 33.9 Å². The number of thiazole rings is 1. The summed E-state index contributed by atoms with van der Waals surface area (Å²) in [5.74, 6) is 0.505. The second-order valence-electron chi connectivity index (χ2n) is 4.34. The number of likely N-dealkylation sites (N-methyl/N-ethyl adjacent to an activating group) is 1. The molecule has 102 valence electrons. The average Bonchev–Trinajstić information content (AvgIpc) is 2.92. The minimum atomic E-state index is 0.505. The molecule has 0 atom stereocenters. The van der Waals surface area contributed by atoms with E-state index in [9.17, 15) is 0 Å². The van der Waals surface area contributed by atoms with Crippen LogP contribution in [0, 0.1) is 0 Å². The number of pyridine rings is 1. The van der Waals surface area contributed by atoms with Crippen LogP contribution in [0.15, 0.2) is 29.9 Å². The molecule has 0 unspecified atom stereocenters. The third kappa shape index (κ3) is 4.56. The van der Waals surface area contributed by atoms with E-state index in [1.807, 2.05) is 17.8 Å². The molecule has 5 heteroatoms. The Hall–Kier alpha value is -0.970. The first-order chi connectivity index (χ1) is 9.31. The number of alkyl halides is 1. The van der Waals surface area contributed by atoms with E-state index in [1.165, 1.54) is 10.6 Å². The number of aromatic nitrogens is 2. The highest BCUT2D eigenvalue weighted by Gasteiger charge is 2.06. The molecule has 0 saturated carbocycles. The zero-order valence-electron chi connectivity index (χ0n) is 11.1. The van der Waals surface area contributed by atoms with Gasteiger partial charge in [-0.1, -0.05) is 6.92 Å². The Morgan fingerprint density at radius 1 is 1.32 bits per heavy atom. The molecule has 2 aromatic heterocycles. The highest BCUT2D eigenvalue weighted by atomic mass is 35.5. The Kier molecular flexibility index (Phi) is 5.76. The first kappa shape index (κ1) is 14.4. The highest BCUT2D eigenvalue weighted by molar-refractivity contribution is 7.09. The van der Waals surface area contributed by atoms with Gasteiger partial charge < -0.3 is 0 Å². The molecule has 3 nitrogen and oxygen atoms in total. The largest absolute Gasteiger partial charge is 0.299 e. The van der Waals surface area contributed by atoms with E-state index in [1.54, 1.807) is 11.3 Å². The van der Waals surface area contributed by atoms with Gasteiger partial charge in [0.15, 0.2) is 0 Å². The maximum atomic E-state index is 5.77. The first-order valence-electron chi connectivity index (χ1n) is 6.42. The van der Waals surface area contributed by atoms with Gasteiger partial charge in [0.2, 0.25) is 0 Å². The number of hydrogen-bond acceptors (Lipinski definition) is 4. The van der Waals surface area contributed by atoms with Crippen LogP contribution in [-0.4, -0.2) is 28.0 Å². The maximum Gasteiger partial charge on any atom is 0.0941 e. The van der Waals surface area contributed by atoms with E-state index >= 15 is 0 Å². The fourth-order valence-corrected chi connectivity index (χ4v) is 2.89. The van der Waals surface area contributed by atoms with E-state index < -0.39 is 0 Å². The van der Waals surface area contributed by atoms with E-state index in [0.29, 0.717) is 5.88 Å². The zero-order chi connectivity index (χ0) is 13.5. The predicted octanol–water partition coefficient (Wildman–Crippen LogP) is 3.34. The van der Waals surface area contributed by atoms with Crippen molar-refractivity contribution in [1.29, 1.82) is 0 Å². The lowest BCUT2D eigenvalue weighted by Crippen LogP contribution is -2.25. The highest BCUT2D eigenvalue weighted by Crippen LogP contribution is 2.13. The first-order valence-corrected chi connectivity index (χ1v) is 7.83. The molecule has 0 N–H and O–H groups in total. The summed E-state index contributed by atoms with van der Waals surface area (Å²) in [5, 5.41) is 3.21. The van der Waals surface area contributed by atoms with E-state index in [4.69, 9.17) is 11.6 Å². The predicted molar refractivity (Wildman–Crippen MR) is 80.6 cm³/mol. The average molecular weight is 296 g/mol. The normalized spacial score (nSPS) is 11.1. The van der Waals surface area contributed by atoms with Crippen molar-refractivity contribution in [3.05, 3.63) is 46.2 Å². The topological polar surface area (TPSA) is 29.0 Å². The van der Waals surface area contributed by atoms with Gasteiger partial charge in [-0.05, 0) is 24.2 Å². The molecule has 0 fully saturated rings. The quantitative estimate of drug-likeness (QED) is 0.734. The Morgan fingerprint density at radius 3 is 2.74 bits per heavy atom. The van der Waals surface area contributed by atoms with Crippen LogP contribution in [-0.2, 0) is 18.8 Å². The van der Waals surface area contributed by atoms with Gasteiger partial charge in [-0.3, -0.25) is 9.88 Å². The summed E-state index contributed by atoms with van der Waals surface area (Å²) < 4.78 is 0. The van der Waals surface area contributed by atoms with Crippen LogP contribution in [0.1, 0.15) is 23.2 Å². The van der Waals surface area contributed by atoms with Crippen LogP contribution in [0.25, 0.3) is 0 Å². The lowest BCUT2D eigenvalue weighted by molar-refractivity contribution is 0.283. The number of hydrogen-bond donors (Lipinski definition) is 0. The van der Waals surface area contributed by atoms with Crippen LogP contribution >= 0.6 is 22.9 Å². The Balaban J connectivity index is 1.85.